The van der Waals surface area contributed by atoms with Crippen LogP contribution in [0.4, 0.5) is 0 Å². The van der Waals surface area contributed by atoms with Crippen molar-refractivity contribution in [2.75, 3.05) is 0 Å². The van der Waals surface area contributed by atoms with Gasteiger partial charge in [0.15, 0.2) is 5.82 Å². The van der Waals surface area contributed by atoms with E-state index in [0.29, 0.717) is 11.7 Å². The first kappa shape index (κ1) is 12.5. The maximum Gasteiger partial charge on any atom is 0.259 e. The van der Waals surface area contributed by atoms with Crippen LogP contribution in [0.25, 0.3) is 11.5 Å². The Kier molecular flexibility index (Phi) is 3.78. The fourth-order valence-corrected chi connectivity index (χ4v) is 2.03. The monoisotopic (exact) mass is 343 g/mol. The second-order valence-corrected chi connectivity index (χ2v) is 5.37. The summed E-state index contributed by atoms with van der Waals surface area (Å²) in [6.07, 6.45) is 0. The highest BCUT2D eigenvalue weighted by Crippen LogP contribution is 2.25. The number of aromatic nitrogens is 2. The lowest BCUT2D eigenvalue weighted by molar-refractivity contribution is 0.400. The molecule has 2 aromatic rings. The number of nitrogens with two attached hydrogens (primary N) is 1. The molecule has 1 heterocycles. The molecule has 4 nitrogen and oxygen atoms in total. The van der Waals surface area contributed by atoms with E-state index in [4.69, 9.17) is 10.3 Å². The molecule has 1 atom stereocenters. The van der Waals surface area contributed by atoms with Crippen LogP contribution in [0.1, 0.15) is 25.7 Å². The summed E-state index contributed by atoms with van der Waals surface area (Å²) in [7, 11) is 0. The largest absolute Gasteiger partial charge is 0.334 e. The standard InChI is InChI=1S/C12H14IN3O/c1-7(2)10(14)11-15-12(17-16-11)8-5-3-4-6-9(8)13/h3-7,10H,14H2,1-2H3. The Balaban J connectivity index is 2.34. The van der Waals surface area contributed by atoms with Crippen molar-refractivity contribution >= 4 is 22.6 Å². The Morgan fingerprint density at radius 1 is 1.29 bits per heavy atom. The molecule has 0 radical (unpaired) electrons. The number of rotatable bonds is 3. The molecule has 0 aliphatic carbocycles. The molecule has 0 saturated heterocycles. The third-order valence-electron chi connectivity index (χ3n) is 2.56. The van der Waals surface area contributed by atoms with Crippen LogP contribution in [-0.4, -0.2) is 10.1 Å². The van der Waals surface area contributed by atoms with Crippen molar-refractivity contribution in [1.82, 2.24) is 10.1 Å². The second-order valence-electron chi connectivity index (χ2n) is 4.21. The Labute approximate surface area is 114 Å². The molecule has 5 heteroatoms. The van der Waals surface area contributed by atoms with Gasteiger partial charge in [0.1, 0.15) is 0 Å². The van der Waals surface area contributed by atoms with Gasteiger partial charge >= 0.3 is 0 Å². The molecule has 0 bridgehead atoms. The maximum absolute atomic E-state index is 5.98. The van der Waals surface area contributed by atoms with Gasteiger partial charge in [0.05, 0.1) is 11.6 Å². The second kappa shape index (κ2) is 5.14. The highest BCUT2D eigenvalue weighted by Gasteiger charge is 2.18. The first-order valence-electron chi connectivity index (χ1n) is 5.43. The number of hydrogen-bond donors (Lipinski definition) is 1. The van der Waals surface area contributed by atoms with Gasteiger partial charge < -0.3 is 10.3 Å². The van der Waals surface area contributed by atoms with Gasteiger partial charge in [-0.3, -0.25) is 0 Å². The number of hydrogen-bond acceptors (Lipinski definition) is 4. The molecule has 17 heavy (non-hydrogen) atoms. The molecule has 1 aromatic heterocycles. The molecule has 90 valence electrons. The predicted octanol–water partition coefficient (Wildman–Crippen LogP) is 3.00. The molecule has 2 N–H and O–H groups in total. The summed E-state index contributed by atoms with van der Waals surface area (Å²) in [4.78, 5) is 4.35. The fourth-order valence-electron chi connectivity index (χ4n) is 1.41. The summed E-state index contributed by atoms with van der Waals surface area (Å²) in [5.74, 6) is 1.38. The van der Waals surface area contributed by atoms with Crippen molar-refractivity contribution in [2.45, 2.75) is 19.9 Å². The average Bonchev–Trinajstić information content (AvgIpc) is 2.77. The minimum absolute atomic E-state index is 0.186. The Morgan fingerprint density at radius 2 is 2.00 bits per heavy atom. The highest BCUT2D eigenvalue weighted by atomic mass is 127. The van der Waals surface area contributed by atoms with E-state index < -0.39 is 0 Å². The van der Waals surface area contributed by atoms with Gasteiger partial charge in [-0.05, 0) is 40.6 Å². The normalized spacial score (nSPS) is 13.0. The smallest absolute Gasteiger partial charge is 0.259 e. The summed E-state index contributed by atoms with van der Waals surface area (Å²) in [5, 5.41) is 3.94. The van der Waals surface area contributed by atoms with Gasteiger partial charge in [0.25, 0.3) is 5.89 Å². The van der Waals surface area contributed by atoms with E-state index in [2.05, 4.69) is 32.7 Å². The molecule has 0 amide bonds. The van der Waals surface area contributed by atoms with Gasteiger partial charge in [-0.25, -0.2) is 0 Å². The number of nitrogens with zero attached hydrogens (tertiary/aromatic N) is 2. The maximum atomic E-state index is 5.98. The van der Waals surface area contributed by atoms with E-state index in [-0.39, 0.29) is 12.0 Å². The van der Waals surface area contributed by atoms with Gasteiger partial charge in [-0.15, -0.1) is 0 Å². The van der Waals surface area contributed by atoms with Gasteiger partial charge in [-0.1, -0.05) is 31.1 Å². The van der Waals surface area contributed by atoms with Gasteiger partial charge in [0, 0.05) is 3.57 Å². The highest BCUT2D eigenvalue weighted by molar-refractivity contribution is 14.1. The van der Waals surface area contributed by atoms with Crippen LogP contribution in [-0.2, 0) is 0 Å². The summed E-state index contributed by atoms with van der Waals surface area (Å²) in [5.41, 5.74) is 6.93. The lowest BCUT2D eigenvalue weighted by atomic mass is 10.1. The van der Waals surface area contributed by atoms with Crippen LogP contribution in [0.5, 0.6) is 0 Å². The predicted molar refractivity (Wildman–Crippen MR) is 74.2 cm³/mol. The summed E-state index contributed by atoms with van der Waals surface area (Å²) < 4.78 is 6.34. The van der Waals surface area contributed by atoms with E-state index in [1.54, 1.807) is 0 Å². The van der Waals surface area contributed by atoms with E-state index >= 15 is 0 Å². The zero-order chi connectivity index (χ0) is 12.4. The Morgan fingerprint density at radius 3 is 2.65 bits per heavy atom. The number of benzene rings is 1. The van der Waals surface area contributed by atoms with Crippen LogP contribution in [0.3, 0.4) is 0 Å². The molecule has 0 saturated carbocycles. The topological polar surface area (TPSA) is 64.9 Å². The van der Waals surface area contributed by atoms with E-state index in [1.807, 2.05) is 38.1 Å². The van der Waals surface area contributed by atoms with Crippen LogP contribution < -0.4 is 5.73 Å². The number of halogens is 1. The van der Waals surface area contributed by atoms with Crippen molar-refractivity contribution in [3.8, 4) is 11.5 Å². The summed E-state index contributed by atoms with van der Waals surface area (Å²) in [6, 6.07) is 7.70. The quantitative estimate of drug-likeness (QED) is 0.871. The van der Waals surface area contributed by atoms with Crippen molar-refractivity contribution in [3.05, 3.63) is 33.7 Å². The fraction of sp³-hybridized carbons (Fsp3) is 0.333. The van der Waals surface area contributed by atoms with Crippen LogP contribution in [0.15, 0.2) is 28.8 Å². The lowest BCUT2D eigenvalue weighted by Crippen LogP contribution is -2.18. The van der Waals surface area contributed by atoms with E-state index in [0.717, 1.165) is 9.13 Å². The third kappa shape index (κ3) is 2.66. The Bertz CT molecular complexity index is 510. The zero-order valence-electron chi connectivity index (χ0n) is 9.72. The minimum atomic E-state index is -0.186. The molecule has 1 aromatic carbocycles. The van der Waals surface area contributed by atoms with Crippen molar-refractivity contribution in [2.24, 2.45) is 11.7 Å². The Hall–Kier alpha value is -0.950. The molecule has 0 fully saturated rings. The summed E-state index contributed by atoms with van der Waals surface area (Å²) >= 11 is 2.24. The van der Waals surface area contributed by atoms with Gasteiger partial charge in [-0.2, -0.15) is 4.98 Å². The first-order valence-corrected chi connectivity index (χ1v) is 6.51. The van der Waals surface area contributed by atoms with Crippen LogP contribution in [0.2, 0.25) is 0 Å². The zero-order valence-corrected chi connectivity index (χ0v) is 11.9. The molecule has 0 spiro atoms. The first-order chi connectivity index (χ1) is 8.09. The van der Waals surface area contributed by atoms with Crippen LogP contribution in [0, 0.1) is 9.49 Å². The SMILES string of the molecule is CC(C)C(N)c1noc(-c2ccccc2I)n1. The van der Waals surface area contributed by atoms with E-state index in [9.17, 15) is 0 Å². The molecule has 0 aliphatic heterocycles. The third-order valence-corrected chi connectivity index (χ3v) is 3.50. The molecule has 1 unspecified atom stereocenters. The lowest BCUT2D eigenvalue weighted by Gasteiger charge is -2.09. The molecular weight excluding hydrogens is 329 g/mol. The van der Waals surface area contributed by atoms with Crippen molar-refractivity contribution in [3.63, 3.8) is 0 Å². The van der Waals surface area contributed by atoms with Crippen LogP contribution >= 0.6 is 22.6 Å². The molecule has 2 rings (SSSR count). The minimum Gasteiger partial charge on any atom is -0.334 e. The molecule has 0 aliphatic rings. The average molecular weight is 343 g/mol. The molecular formula is C12H14IN3O. The van der Waals surface area contributed by atoms with Gasteiger partial charge in [0.2, 0.25) is 0 Å². The van der Waals surface area contributed by atoms with Crippen molar-refractivity contribution < 1.29 is 4.52 Å². The summed E-state index contributed by atoms with van der Waals surface area (Å²) in [6.45, 7) is 4.07. The van der Waals surface area contributed by atoms with E-state index in [1.165, 1.54) is 0 Å². The van der Waals surface area contributed by atoms with Crippen molar-refractivity contribution in [1.29, 1.82) is 0 Å².